The average Bonchev–Trinajstić information content (AvgIpc) is 2.73. The summed E-state index contributed by atoms with van der Waals surface area (Å²) in [5.41, 5.74) is 7.24. The number of primary amides is 1. The second-order valence-corrected chi connectivity index (χ2v) is 3.69. The number of benzene rings is 1. The van der Waals surface area contributed by atoms with Gasteiger partial charge < -0.3 is 10.3 Å². The Balaban J connectivity index is 2.05. The van der Waals surface area contributed by atoms with Gasteiger partial charge in [0.1, 0.15) is 0 Å². The van der Waals surface area contributed by atoms with E-state index in [0.29, 0.717) is 6.42 Å². The Morgan fingerprint density at radius 1 is 1.25 bits per heavy atom. The van der Waals surface area contributed by atoms with Gasteiger partial charge in [0.15, 0.2) is 0 Å². The third kappa shape index (κ3) is 2.70. The van der Waals surface area contributed by atoms with Crippen molar-refractivity contribution in [3.05, 3.63) is 54.1 Å². The monoisotopic (exact) mass is 215 g/mol. The third-order valence-electron chi connectivity index (χ3n) is 2.33. The molecule has 0 aliphatic rings. The van der Waals surface area contributed by atoms with E-state index in [9.17, 15) is 4.79 Å². The Hall–Kier alpha value is -2.10. The standard InChI is InChI=1S/C12H13N3O/c13-12(16)7-10-1-3-11(4-2-10)8-15-6-5-14-9-15/h1-6,9H,7-8H2,(H2,13,16). The first-order chi connectivity index (χ1) is 7.74. The van der Waals surface area contributed by atoms with Gasteiger partial charge in [-0.2, -0.15) is 0 Å². The molecule has 0 radical (unpaired) electrons. The van der Waals surface area contributed by atoms with Crippen molar-refractivity contribution in [2.24, 2.45) is 5.73 Å². The molecule has 1 aromatic carbocycles. The Kier molecular flexibility index (Phi) is 3.00. The van der Waals surface area contributed by atoms with E-state index >= 15 is 0 Å². The van der Waals surface area contributed by atoms with Gasteiger partial charge in [-0.3, -0.25) is 4.79 Å². The van der Waals surface area contributed by atoms with Gasteiger partial charge in [0.2, 0.25) is 5.91 Å². The molecule has 4 heteroatoms. The second kappa shape index (κ2) is 4.61. The summed E-state index contributed by atoms with van der Waals surface area (Å²) in [7, 11) is 0. The molecule has 2 rings (SSSR count). The predicted molar refractivity (Wildman–Crippen MR) is 60.7 cm³/mol. The average molecular weight is 215 g/mol. The van der Waals surface area contributed by atoms with Crippen molar-refractivity contribution >= 4 is 5.91 Å². The fourth-order valence-corrected chi connectivity index (χ4v) is 1.55. The number of imidazole rings is 1. The molecule has 1 amide bonds. The van der Waals surface area contributed by atoms with Crippen molar-refractivity contribution in [1.82, 2.24) is 9.55 Å². The van der Waals surface area contributed by atoms with Crippen molar-refractivity contribution in [3.8, 4) is 0 Å². The van der Waals surface area contributed by atoms with Crippen LogP contribution in [0.2, 0.25) is 0 Å². The lowest BCUT2D eigenvalue weighted by molar-refractivity contribution is -0.117. The molecule has 0 aliphatic heterocycles. The van der Waals surface area contributed by atoms with Crippen LogP contribution in [0.25, 0.3) is 0 Å². The quantitative estimate of drug-likeness (QED) is 0.825. The highest BCUT2D eigenvalue weighted by atomic mass is 16.1. The molecule has 1 heterocycles. The molecular formula is C12H13N3O. The normalized spacial score (nSPS) is 10.2. The Morgan fingerprint density at radius 2 is 1.94 bits per heavy atom. The molecule has 2 aromatic rings. The first-order valence-corrected chi connectivity index (χ1v) is 5.06. The topological polar surface area (TPSA) is 60.9 Å². The van der Waals surface area contributed by atoms with Gasteiger partial charge >= 0.3 is 0 Å². The van der Waals surface area contributed by atoms with Crippen LogP contribution in [0.5, 0.6) is 0 Å². The number of carbonyl (C=O) groups excluding carboxylic acids is 1. The summed E-state index contributed by atoms with van der Waals surface area (Å²) < 4.78 is 1.99. The van der Waals surface area contributed by atoms with Crippen LogP contribution in [-0.4, -0.2) is 15.5 Å². The van der Waals surface area contributed by atoms with Gasteiger partial charge in [-0.25, -0.2) is 4.98 Å². The SMILES string of the molecule is NC(=O)Cc1ccc(Cn2ccnc2)cc1. The van der Waals surface area contributed by atoms with Crippen molar-refractivity contribution < 1.29 is 4.79 Å². The zero-order valence-electron chi connectivity index (χ0n) is 8.84. The molecule has 0 atom stereocenters. The minimum Gasteiger partial charge on any atom is -0.369 e. The van der Waals surface area contributed by atoms with Gasteiger partial charge in [-0.05, 0) is 11.1 Å². The molecule has 2 N–H and O–H groups in total. The van der Waals surface area contributed by atoms with Crippen LogP contribution in [0.4, 0.5) is 0 Å². The first kappa shape index (κ1) is 10.4. The molecule has 16 heavy (non-hydrogen) atoms. The van der Waals surface area contributed by atoms with E-state index in [4.69, 9.17) is 5.73 Å². The number of nitrogens with zero attached hydrogens (tertiary/aromatic N) is 2. The Bertz CT molecular complexity index is 460. The van der Waals surface area contributed by atoms with Crippen LogP contribution in [0.15, 0.2) is 43.0 Å². The molecule has 0 saturated heterocycles. The van der Waals surface area contributed by atoms with Gasteiger partial charge in [0.25, 0.3) is 0 Å². The highest BCUT2D eigenvalue weighted by Crippen LogP contribution is 2.06. The molecule has 0 bridgehead atoms. The van der Waals surface area contributed by atoms with E-state index in [1.807, 2.05) is 35.0 Å². The molecule has 1 aromatic heterocycles. The minimum absolute atomic E-state index is 0.297. The number of rotatable bonds is 4. The maximum Gasteiger partial charge on any atom is 0.221 e. The van der Waals surface area contributed by atoms with E-state index in [2.05, 4.69) is 4.98 Å². The van der Waals surface area contributed by atoms with Crippen LogP contribution in [-0.2, 0) is 17.8 Å². The van der Waals surface area contributed by atoms with Crippen LogP contribution < -0.4 is 5.73 Å². The second-order valence-electron chi connectivity index (χ2n) is 3.69. The van der Waals surface area contributed by atoms with E-state index in [1.54, 1.807) is 12.5 Å². The Morgan fingerprint density at radius 3 is 2.50 bits per heavy atom. The smallest absolute Gasteiger partial charge is 0.221 e. The molecule has 0 aliphatic carbocycles. The van der Waals surface area contributed by atoms with Gasteiger partial charge in [0.05, 0.1) is 12.7 Å². The number of aromatic nitrogens is 2. The van der Waals surface area contributed by atoms with E-state index in [-0.39, 0.29) is 5.91 Å². The third-order valence-corrected chi connectivity index (χ3v) is 2.33. The minimum atomic E-state index is -0.303. The van der Waals surface area contributed by atoms with E-state index < -0.39 is 0 Å². The lowest BCUT2D eigenvalue weighted by atomic mass is 10.1. The summed E-state index contributed by atoms with van der Waals surface area (Å²) in [6.45, 7) is 0.789. The van der Waals surface area contributed by atoms with Crippen molar-refractivity contribution in [1.29, 1.82) is 0 Å². The Labute approximate surface area is 93.7 Å². The number of hydrogen-bond acceptors (Lipinski definition) is 2. The maximum absolute atomic E-state index is 10.7. The fraction of sp³-hybridized carbons (Fsp3) is 0.167. The van der Waals surface area contributed by atoms with E-state index in [0.717, 1.165) is 12.1 Å². The molecule has 0 unspecified atom stereocenters. The van der Waals surface area contributed by atoms with Gasteiger partial charge in [-0.1, -0.05) is 24.3 Å². The number of carbonyl (C=O) groups is 1. The van der Waals surface area contributed by atoms with Crippen LogP contribution in [0.1, 0.15) is 11.1 Å². The molecule has 0 saturated carbocycles. The summed E-state index contributed by atoms with van der Waals surface area (Å²) in [4.78, 5) is 14.7. The summed E-state index contributed by atoms with van der Waals surface area (Å²) in [6, 6.07) is 7.85. The fourth-order valence-electron chi connectivity index (χ4n) is 1.55. The van der Waals surface area contributed by atoms with Crippen LogP contribution in [0, 0.1) is 0 Å². The van der Waals surface area contributed by atoms with Gasteiger partial charge in [-0.15, -0.1) is 0 Å². The summed E-state index contributed by atoms with van der Waals surface area (Å²) in [5.74, 6) is -0.303. The highest BCUT2D eigenvalue weighted by molar-refractivity contribution is 5.76. The summed E-state index contributed by atoms with van der Waals surface area (Å²) >= 11 is 0. The maximum atomic E-state index is 10.7. The summed E-state index contributed by atoms with van der Waals surface area (Å²) in [6.07, 6.45) is 5.74. The van der Waals surface area contributed by atoms with E-state index in [1.165, 1.54) is 5.56 Å². The van der Waals surface area contributed by atoms with Crippen LogP contribution >= 0.6 is 0 Å². The number of amides is 1. The van der Waals surface area contributed by atoms with Crippen LogP contribution in [0.3, 0.4) is 0 Å². The first-order valence-electron chi connectivity index (χ1n) is 5.06. The number of hydrogen-bond donors (Lipinski definition) is 1. The zero-order chi connectivity index (χ0) is 11.4. The molecule has 4 nitrogen and oxygen atoms in total. The van der Waals surface area contributed by atoms with Gasteiger partial charge in [0, 0.05) is 18.9 Å². The lowest BCUT2D eigenvalue weighted by Gasteiger charge is -2.03. The summed E-state index contributed by atoms with van der Waals surface area (Å²) in [5, 5.41) is 0. The highest BCUT2D eigenvalue weighted by Gasteiger charge is 1.99. The van der Waals surface area contributed by atoms with Crippen molar-refractivity contribution in [2.75, 3.05) is 0 Å². The zero-order valence-corrected chi connectivity index (χ0v) is 8.84. The molecule has 82 valence electrons. The molecule has 0 fully saturated rings. The lowest BCUT2D eigenvalue weighted by Crippen LogP contribution is -2.13. The largest absolute Gasteiger partial charge is 0.369 e. The number of nitrogens with two attached hydrogens (primary N) is 1. The van der Waals surface area contributed by atoms with Crippen molar-refractivity contribution in [3.63, 3.8) is 0 Å². The molecular weight excluding hydrogens is 202 g/mol. The predicted octanol–water partition coefficient (Wildman–Crippen LogP) is 0.959. The molecule has 0 spiro atoms. The van der Waals surface area contributed by atoms with Crippen molar-refractivity contribution in [2.45, 2.75) is 13.0 Å².